The number of rotatable bonds is 5. The van der Waals surface area contributed by atoms with E-state index < -0.39 is 0 Å². The fraction of sp³-hybridized carbons (Fsp3) is 0.0870. The lowest BCUT2D eigenvalue weighted by Gasteiger charge is -2.11. The van der Waals surface area contributed by atoms with Crippen LogP contribution < -0.4 is 5.32 Å². The monoisotopic (exact) mass is 393 g/mol. The van der Waals surface area contributed by atoms with Gasteiger partial charge in [-0.25, -0.2) is 10.5 Å². The fourth-order valence-electron chi connectivity index (χ4n) is 3.56. The standard InChI is InChI=1S/C23H19N7/c1-14-18-6-5-17(12-22(18)30-29-14)20-8-9-21(28-24)23(27-20)26-13-15-4-7-19-16(11-15)3-2-10-25-19/h2-12,24H,13H2,1H3,(H,26,27)(H,29,30). The molecule has 0 bridgehead atoms. The molecule has 2 aromatic carbocycles. The number of pyridine rings is 2. The third kappa shape index (κ3) is 3.26. The molecule has 5 rings (SSSR count). The Morgan fingerprint density at radius 1 is 1.03 bits per heavy atom. The van der Waals surface area contributed by atoms with E-state index in [1.165, 1.54) is 0 Å². The first-order chi connectivity index (χ1) is 14.7. The van der Waals surface area contributed by atoms with Crippen LogP contribution in [-0.2, 0) is 6.54 Å². The molecular weight excluding hydrogens is 374 g/mol. The molecule has 3 heterocycles. The summed E-state index contributed by atoms with van der Waals surface area (Å²) in [6.45, 7) is 2.57. The summed E-state index contributed by atoms with van der Waals surface area (Å²) in [5.74, 6) is 0.576. The highest BCUT2D eigenvalue weighted by Gasteiger charge is 2.10. The maximum atomic E-state index is 7.48. The van der Waals surface area contributed by atoms with Crippen molar-refractivity contribution >= 4 is 33.3 Å². The number of hydrogen-bond donors (Lipinski definition) is 3. The van der Waals surface area contributed by atoms with Gasteiger partial charge in [0.2, 0.25) is 0 Å². The lowest BCUT2D eigenvalue weighted by atomic mass is 10.1. The number of aromatic nitrogens is 4. The van der Waals surface area contributed by atoms with E-state index in [1.54, 1.807) is 6.20 Å². The molecule has 0 aliphatic rings. The number of H-pyrrole nitrogens is 1. The van der Waals surface area contributed by atoms with Crippen LogP contribution in [0.1, 0.15) is 11.3 Å². The normalized spacial score (nSPS) is 11.1. The number of aryl methyl sites for hydroxylation is 1. The van der Waals surface area contributed by atoms with Crippen LogP contribution in [0.4, 0.5) is 11.5 Å². The van der Waals surface area contributed by atoms with Gasteiger partial charge in [-0.1, -0.05) is 24.3 Å². The average molecular weight is 393 g/mol. The maximum absolute atomic E-state index is 7.48. The van der Waals surface area contributed by atoms with Gasteiger partial charge in [-0.05, 0) is 48.9 Å². The highest BCUT2D eigenvalue weighted by Crippen LogP contribution is 2.29. The summed E-state index contributed by atoms with van der Waals surface area (Å²) >= 11 is 0. The molecule has 3 aromatic heterocycles. The number of nitrogens with one attached hydrogen (secondary N) is 3. The summed E-state index contributed by atoms with van der Waals surface area (Å²) < 4.78 is 0. The number of fused-ring (bicyclic) bond motifs is 2. The zero-order valence-corrected chi connectivity index (χ0v) is 16.3. The SMILES string of the molecule is Cc1[nH]nc2cc(-c3ccc(N=N)c(NCc4ccc5ncccc5c4)n3)ccc12. The maximum Gasteiger partial charge on any atom is 0.154 e. The van der Waals surface area contributed by atoms with Crippen molar-refractivity contribution in [2.75, 3.05) is 5.32 Å². The van der Waals surface area contributed by atoms with Gasteiger partial charge in [0.25, 0.3) is 0 Å². The molecule has 0 fully saturated rings. The number of nitrogens with zero attached hydrogens (tertiary/aromatic N) is 4. The van der Waals surface area contributed by atoms with E-state index in [4.69, 9.17) is 10.5 Å². The van der Waals surface area contributed by atoms with Crippen molar-refractivity contribution in [2.24, 2.45) is 5.11 Å². The first-order valence-corrected chi connectivity index (χ1v) is 9.62. The minimum atomic E-state index is 0.498. The van der Waals surface area contributed by atoms with Gasteiger partial charge in [0.15, 0.2) is 5.82 Å². The molecule has 7 heteroatoms. The molecule has 30 heavy (non-hydrogen) atoms. The third-order valence-electron chi connectivity index (χ3n) is 5.16. The van der Waals surface area contributed by atoms with Crippen LogP contribution >= 0.6 is 0 Å². The Kier molecular flexibility index (Phi) is 4.40. The summed E-state index contributed by atoms with van der Waals surface area (Å²) in [6.07, 6.45) is 1.79. The van der Waals surface area contributed by atoms with Crippen molar-refractivity contribution in [1.82, 2.24) is 20.2 Å². The number of anilines is 1. The smallest absolute Gasteiger partial charge is 0.154 e. The molecule has 0 radical (unpaired) electrons. The molecule has 0 aliphatic carbocycles. The highest BCUT2D eigenvalue weighted by atomic mass is 15.1. The van der Waals surface area contributed by atoms with Gasteiger partial charge in [-0.3, -0.25) is 10.1 Å². The van der Waals surface area contributed by atoms with Crippen molar-refractivity contribution in [3.63, 3.8) is 0 Å². The van der Waals surface area contributed by atoms with Crippen LogP contribution in [0.3, 0.4) is 0 Å². The highest BCUT2D eigenvalue weighted by molar-refractivity contribution is 5.86. The first kappa shape index (κ1) is 17.9. The lowest BCUT2D eigenvalue weighted by molar-refractivity contribution is 1.07. The van der Waals surface area contributed by atoms with E-state index in [-0.39, 0.29) is 0 Å². The summed E-state index contributed by atoms with van der Waals surface area (Å²) in [5, 5.41) is 16.5. The topological polar surface area (TPSA) is 103 Å². The second kappa shape index (κ2) is 7.36. The Balaban J connectivity index is 1.45. The van der Waals surface area contributed by atoms with Crippen LogP contribution in [0, 0.1) is 12.5 Å². The molecular formula is C23H19N7. The summed E-state index contributed by atoms with van der Waals surface area (Å²) in [6, 6.07) is 19.9. The third-order valence-corrected chi connectivity index (χ3v) is 5.16. The molecule has 0 saturated carbocycles. The van der Waals surface area contributed by atoms with E-state index >= 15 is 0 Å². The van der Waals surface area contributed by atoms with E-state index in [2.05, 4.69) is 31.7 Å². The Morgan fingerprint density at radius 3 is 2.87 bits per heavy atom. The molecule has 0 aliphatic heterocycles. The largest absolute Gasteiger partial charge is 0.364 e. The molecule has 7 nitrogen and oxygen atoms in total. The van der Waals surface area contributed by atoms with E-state index in [0.717, 1.165) is 44.3 Å². The Labute approximate surface area is 172 Å². The first-order valence-electron chi connectivity index (χ1n) is 9.62. The minimum Gasteiger partial charge on any atom is -0.364 e. The molecule has 0 atom stereocenters. The molecule has 5 aromatic rings. The van der Waals surface area contributed by atoms with Crippen molar-refractivity contribution in [3.8, 4) is 11.3 Å². The molecule has 0 amide bonds. The predicted octanol–water partition coefficient (Wildman–Crippen LogP) is 5.76. The second-order valence-corrected chi connectivity index (χ2v) is 7.14. The number of aromatic amines is 1. The van der Waals surface area contributed by atoms with Gasteiger partial charge in [0, 0.05) is 34.8 Å². The van der Waals surface area contributed by atoms with Crippen molar-refractivity contribution in [2.45, 2.75) is 13.5 Å². The summed E-state index contributed by atoms with van der Waals surface area (Å²) in [7, 11) is 0. The summed E-state index contributed by atoms with van der Waals surface area (Å²) in [4.78, 5) is 9.09. The van der Waals surface area contributed by atoms with Gasteiger partial charge in [0.1, 0.15) is 5.69 Å². The Hall–Kier alpha value is -4.13. The van der Waals surface area contributed by atoms with Gasteiger partial charge in [-0.15, -0.1) is 0 Å². The molecule has 3 N–H and O–H groups in total. The van der Waals surface area contributed by atoms with Crippen LogP contribution in [-0.4, -0.2) is 20.2 Å². The fourth-order valence-corrected chi connectivity index (χ4v) is 3.56. The van der Waals surface area contributed by atoms with Crippen LogP contribution in [0.25, 0.3) is 33.1 Å². The van der Waals surface area contributed by atoms with E-state index in [0.29, 0.717) is 18.1 Å². The van der Waals surface area contributed by atoms with Crippen molar-refractivity contribution < 1.29 is 0 Å². The summed E-state index contributed by atoms with van der Waals surface area (Å²) in [5.41, 5.74) is 13.8. The quantitative estimate of drug-likeness (QED) is 0.330. The van der Waals surface area contributed by atoms with Crippen LogP contribution in [0.2, 0.25) is 0 Å². The van der Waals surface area contributed by atoms with Gasteiger partial charge < -0.3 is 5.32 Å². The lowest BCUT2D eigenvalue weighted by Crippen LogP contribution is -2.02. The van der Waals surface area contributed by atoms with E-state index in [9.17, 15) is 0 Å². The minimum absolute atomic E-state index is 0.498. The van der Waals surface area contributed by atoms with Gasteiger partial charge in [-0.2, -0.15) is 10.2 Å². The van der Waals surface area contributed by atoms with Gasteiger partial charge in [0.05, 0.1) is 16.7 Å². The van der Waals surface area contributed by atoms with E-state index in [1.807, 2.05) is 61.5 Å². The number of hydrogen-bond acceptors (Lipinski definition) is 6. The number of benzene rings is 2. The van der Waals surface area contributed by atoms with Crippen LogP contribution in [0.5, 0.6) is 0 Å². The molecule has 0 saturated heterocycles. The molecule has 0 spiro atoms. The van der Waals surface area contributed by atoms with Crippen molar-refractivity contribution in [1.29, 1.82) is 5.53 Å². The Morgan fingerprint density at radius 2 is 1.97 bits per heavy atom. The van der Waals surface area contributed by atoms with Gasteiger partial charge >= 0.3 is 0 Å². The zero-order chi connectivity index (χ0) is 20.5. The van der Waals surface area contributed by atoms with Crippen molar-refractivity contribution in [3.05, 3.63) is 78.1 Å². The predicted molar refractivity (Wildman–Crippen MR) is 118 cm³/mol. The van der Waals surface area contributed by atoms with Crippen LogP contribution in [0.15, 0.2) is 72.0 Å². The average Bonchev–Trinajstić information content (AvgIpc) is 3.17. The Bertz CT molecular complexity index is 1390. The molecule has 0 unspecified atom stereocenters. The second-order valence-electron chi connectivity index (χ2n) is 7.14. The zero-order valence-electron chi connectivity index (χ0n) is 16.3. The molecule has 146 valence electrons.